The van der Waals surface area contributed by atoms with Crippen molar-refractivity contribution >= 4 is 5.91 Å². The molecule has 0 aliphatic heterocycles. The van der Waals surface area contributed by atoms with Crippen LogP contribution in [-0.2, 0) is 11.3 Å². The monoisotopic (exact) mass is 236 g/mol. The van der Waals surface area contributed by atoms with Gasteiger partial charge in [0.25, 0.3) is 0 Å². The van der Waals surface area contributed by atoms with E-state index in [0.717, 1.165) is 0 Å². The third kappa shape index (κ3) is 3.84. The minimum Gasteiger partial charge on any atom is -0.351 e. The zero-order valence-corrected chi connectivity index (χ0v) is 10.5. The number of carbonyl (C=O) groups excluding carboxylic acids is 1. The van der Waals surface area contributed by atoms with Crippen LogP contribution in [0.25, 0.3) is 0 Å². The molecule has 0 radical (unpaired) electrons. The van der Waals surface area contributed by atoms with Crippen LogP contribution in [0.5, 0.6) is 0 Å². The van der Waals surface area contributed by atoms with Crippen molar-refractivity contribution in [1.82, 2.24) is 20.3 Å². The SMILES string of the molecule is CC(C)C(Cn1nccn1)NC(=O)CC1CC1. The van der Waals surface area contributed by atoms with Gasteiger partial charge in [0.15, 0.2) is 0 Å². The highest BCUT2D eigenvalue weighted by atomic mass is 16.1. The molecule has 1 heterocycles. The average Bonchev–Trinajstić information content (AvgIpc) is 2.92. The first kappa shape index (κ1) is 12.1. The molecule has 1 N–H and O–H groups in total. The summed E-state index contributed by atoms with van der Waals surface area (Å²) in [6.07, 6.45) is 6.41. The van der Waals surface area contributed by atoms with Crippen LogP contribution in [0.1, 0.15) is 33.1 Å². The third-order valence-corrected chi connectivity index (χ3v) is 3.15. The van der Waals surface area contributed by atoms with E-state index >= 15 is 0 Å². The van der Waals surface area contributed by atoms with Gasteiger partial charge in [0.1, 0.15) is 0 Å². The fourth-order valence-corrected chi connectivity index (χ4v) is 1.79. The second-order valence-corrected chi connectivity index (χ2v) is 5.15. The van der Waals surface area contributed by atoms with E-state index in [2.05, 4.69) is 29.4 Å². The first-order chi connectivity index (χ1) is 8.15. The summed E-state index contributed by atoms with van der Waals surface area (Å²) in [5.41, 5.74) is 0. The van der Waals surface area contributed by atoms with Gasteiger partial charge in [-0.25, -0.2) is 0 Å². The molecule has 1 aliphatic rings. The maximum absolute atomic E-state index is 11.8. The van der Waals surface area contributed by atoms with Crippen LogP contribution in [-0.4, -0.2) is 26.9 Å². The van der Waals surface area contributed by atoms with Gasteiger partial charge in [-0.2, -0.15) is 15.0 Å². The predicted molar refractivity (Wildman–Crippen MR) is 64.1 cm³/mol. The highest BCUT2D eigenvalue weighted by Crippen LogP contribution is 2.32. The zero-order valence-electron chi connectivity index (χ0n) is 10.5. The van der Waals surface area contributed by atoms with Crippen molar-refractivity contribution in [3.05, 3.63) is 12.4 Å². The number of carbonyl (C=O) groups is 1. The molecule has 1 saturated carbocycles. The molecule has 1 unspecified atom stereocenters. The molecule has 0 saturated heterocycles. The minimum atomic E-state index is 0.105. The highest BCUT2D eigenvalue weighted by molar-refractivity contribution is 5.76. The quantitative estimate of drug-likeness (QED) is 0.808. The Labute approximate surface area is 102 Å². The van der Waals surface area contributed by atoms with E-state index in [1.54, 1.807) is 17.2 Å². The van der Waals surface area contributed by atoms with E-state index < -0.39 is 0 Å². The van der Waals surface area contributed by atoms with Gasteiger partial charge in [0, 0.05) is 6.42 Å². The summed E-state index contributed by atoms with van der Waals surface area (Å²) in [7, 11) is 0. The smallest absolute Gasteiger partial charge is 0.220 e. The number of hydrogen-bond acceptors (Lipinski definition) is 3. The van der Waals surface area contributed by atoms with Crippen molar-refractivity contribution in [3.63, 3.8) is 0 Å². The lowest BCUT2D eigenvalue weighted by molar-refractivity contribution is -0.122. The van der Waals surface area contributed by atoms with E-state index in [1.165, 1.54) is 12.8 Å². The molecular formula is C12H20N4O. The molecule has 1 aliphatic carbocycles. The van der Waals surface area contributed by atoms with Crippen molar-refractivity contribution in [2.45, 2.75) is 45.7 Å². The van der Waals surface area contributed by atoms with Gasteiger partial charge in [-0.05, 0) is 24.7 Å². The minimum absolute atomic E-state index is 0.105. The Morgan fingerprint density at radius 1 is 1.41 bits per heavy atom. The standard InChI is InChI=1S/C12H20N4O/c1-9(2)11(8-16-13-5-6-14-16)15-12(17)7-10-3-4-10/h5-6,9-11H,3-4,7-8H2,1-2H3,(H,15,17). The van der Waals surface area contributed by atoms with Crippen molar-refractivity contribution in [2.75, 3.05) is 0 Å². The van der Waals surface area contributed by atoms with Crippen molar-refractivity contribution in [2.24, 2.45) is 11.8 Å². The Balaban J connectivity index is 1.85. The molecular weight excluding hydrogens is 216 g/mol. The molecule has 2 rings (SSSR count). The van der Waals surface area contributed by atoms with Crippen LogP contribution in [0, 0.1) is 11.8 Å². The number of aromatic nitrogens is 3. The fourth-order valence-electron chi connectivity index (χ4n) is 1.79. The lowest BCUT2D eigenvalue weighted by Gasteiger charge is -2.21. The Morgan fingerprint density at radius 2 is 2.06 bits per heavy atom. The van der Waals surface area contributed by atoms with Crippen molar-refractivity contribution < 1.29 is 4.79 Å². The van der Waals surface area contributed by atoms with E-state index in [-0.39, 0.29) is 11.9 Å². The summed E-state index contributed by atoms with van der Waals surface area (Å²) in [6, 6.07) is 0.105. The zero-order chi connectivity index (χ0) is 12.3. The third-order valence-electron chi connectivity index (χ3n) is 3.15. The molecule has 5 nitrogen and oxygen atoms in total. The van der Waals surface area contributed by atoms with Crippen molar-refractivity contribution in [1.29, 1.82) is 0 Å². The predicted octanol–water partition coefficient (Wildman–Crippen LogP) is 1.22. The molecule has 0 spiro atoms. The van der Waals surface area contributed by atoms with Gasteiger partial charge in [-0.15, -0.1) is 0 Å². The number of nitrogens with one attached hydrogen (secondary N) is 1. The number of nitrogens with zero attached hydrogens (tertiary/aromatic N) is 3. The second-order valence-electron chi connectivity index (χ2n) is 5.15. The van der Waals surface area contributed by atoms with Gasteiger partial charge < -0.3 is 5.32 Å². The van der Waals surface area contributed by atoms with Gasteiger partial charge in [-0.3, -0.25) is 4.79 Å². The van der Waals surface area contributed by atoms with Crippen molar-refractivity contribution in [3.8, 4) is 0 Å². The van der Waals surface area contributed by atoms with Crippen LogP contribution in [0.15, 0.2) is 12.4 Å². The lowest BCUT2D eigenvalue weighted by atomic mass is 10.0. The summed E-state index contributed by atoms with van der Waals surface area (Å²) in [5, 5.41) is 11.2. The summed E-state index contributed by atoms with van der Waals surface area (Å²) in [5.74, 6) is 1.17. The number of amides is 1. The van der Waals surface area contributed by atoms with Crippen LogP contribution < -0.4 is 5.32 Å². The number of hydrogen-bond donors (Lipinski definition) is 1. The van der Waals surface area contributed by atoms with Crippen LogP contribution in [0.3, 0.4) is 0 Å². The largest absolute Gasteiger partial charge is 0.351 e. The highest BCUT2D eigenvalue weighted by Gasteiger charge is 2.26. The van der Waals surface area contributed by atoms with Gasteiger partial charge in [-0.1, -0.05) is 13.8 Å². The summed E-state index contributed by atoms with van der Waals surface area (Å²) < 4.78 is 0. The second kappa shape index (κ2) is 5.29. The van der Waals surface area contributed by atoms with Gasteiger partial charge in [0.05, 0.1) is 25.0 Å². The summed E-state index contributed by atoms with van der Waals surface area (Å²) in [4.78, 5) is 13.4. The molecule has 1 fully saturated rings. The topological polar surface area (TPSA) is 59.8 Å². The molecule has 1 amide bonds. The first-order valence-corrected chi connectivity index (χ1v) is 6.28. The number of rotatable bonds is 6. The summed E-state index contributed by atoms with van der Waals surface area (Å²) >= 11 is 0. The van der Waals surface area contributed by atoms with E-state index in [9.17, 15) is 4.79 Å². The molecule has 5 heteroatoms. The molecule has 1 atom stereocenters. The molecule has 17 heavy (non-hydrogen) atoms. The molecule has 0 aromatic carbocycles. The van der Waals surface area contributed by atoms with Crippen LogP contribution in [0.2, 0.25) is 0 Å². The Hall–Kier alpha value is -1.39. The lowest BCUT2D eigenvalue weighted by Crippen LogP contribution is -2.42. The maximum atomic E-state index is 11.8. The van der Waals surface area contributed by atoms with E-state index in [4.69, 9.17) is 0 Å². The fraction of sp³-hybridized carbons (Fsp3) is 0.750. The normalized spacial score (nSPS) is 17.1. The Kier molecular flexibility index (Phi) is 3.76. The molecule has 0 bridgehead atoms. The van der Waals surface area contributed by atoms with Gasteiger partial charge in [0.2, 0.25) is 5.91 Å². The molecule has 94 valence electrons. The average molecular weight is 236 g/mol. The first-order valence-electron chi connectivity index (χ1n) is 6.28. The molecule has 1 aromatic rings. The Morgan fingerprint density at radius 3 is 2.59 bits per heavy atom. The van der Waals surface area contributed by atoms with Gasteiger partial charge >= 0.3 is 0 Å². The van der Waals surface area contributed by atoms with Crippen LogP contribution in [0.4, 0.5) is 0 Å². The van der Waals surface area contributed by atoms with E-state index in [0.29, 0.717) is 24.8 Å². The maximum Gasteiger partial charge on any atom is 0.220 e. The summed E-state index contributed by atoms with van der Waals surface area (Å²) in [6.45, 7) is 4.85. The molecule has 1 aromatic heterocycles. The van der Waals surface area contributed by atoms with E-state index in [1.807, 2.05) is 0 Å². The Bertz CT molecular complexity index is 357. The van der Waals surface area contributed by atoms with Crippen LogP contribution >= 0.6 is 0 Å².